The molecule has 1 aromatic heterocycles. The van der Waals surface area contributed by atoms with Gasteiger partial charge in [0.1, 0.15) is 0 Å². The van der Waals surface area contributed by atoms with E-state index in [1.165, 1.54) is 29.7 Å². The van der Waals surface area contributed by atoms with Gasteiger partial charge in [0, 0.05) is 18.0 Å². The third-order valence-electron chi connectivity index (χ3n) is 5.29. The molecule has 0 aromatic carbocycles. The summed E-state index contributed by atoms with van der Waals surface area (Å²) in [6.45, 7) is 4.08. The normalized spacial score (nSPS) is 28.5. The predicted molar refractivity (Wildman–Crippen MR) is 87.5 cm³/mol. The van der Waals surface area contributed by atoms with Crippen molar-refractivity contribution in [3.8, 4) is 0 Å². The van der Waals surface area contributed by atoms with Crippen LogP contribution in [0.2, 0.25) is 0 Å². The molecule has 22 heavy (non-hydrogen) atoms. The van der Waals surface area contributed by atoms with Gasteiger partial charge in [-0.3, -0.25) is 4.79 Å². The van der Waals surface area contributed by atoms with Gasteiger partial charge >= 0.3 is 0 Å². The molecular formula is C17H24N2O2S. The van der Waals surface area contributed by atoms with E-state index in [1.54, 1.807) is 11.3 Å². The van der Waals surface area contributed by atoms with Crippen LogP contribution in [0.3, 0.4) is 0 Å². The second kappa shape index (κ2) is 5.62. The highest BCUT2D eigenvalue weighted by atomic mass is 32.1. The van der Waals surface area contributed by atoms with E-state index in [-0.39, 0.29) is 5.91 Å². The number of β-amino-alcohol motifs (C(OH)–C–C–N with tert-alkyl or cyclic N) is 1. The summed E-state index contributed by atoms with van der Waals surface area (Å²) in [5.41, 5.74) is 0.667. The Balaban J connectivity index is 1.41. The molecule has 120 valence electrons. The maximum Gasteiger partial charge on any atom is 0.264 e. The average Bonchev–Trinajstić information content (AvgIpc) is 3.20. The maximum atomic E-state index is 12.7. The highest BCUT2D eigenvalue weighted by Crippen LogP contribution is 2.33. The van der Waals surface area contributed by atoms with E-state index in [2.05, 4.69) is 11.0 Å². The summed E-state index contributed by atoms with van der Waals surface area (Å²) in [4.78, 5) is 19.2. The molecule has 1 atom stereocenters. The molecule has 3 heterocycles. The molecule has 3 aliphatic rings. The molecule has 0 bridgehead atoms. The number of thiophene rings is 1. The van der Waals surface area contributed by atoms with Gasteiger partial charge in [-0.15, -0.1) is 11.3 Å². The van der Waals surface area contributed by atoms with Crippen molar-refractivity contribution in [1.82, 2.24) is 9.80 Å². The highest BCUT2D eigenvalue weighted by molar-refractivity contribution is 7.14. The van der Waals surface area contributed by atoms with Gasteiger partial charge in [0.05, 0.1) is 17.0 Å². The minimum atomic E-state index is -0.708. The van der Waals surface area contributed by atoms with E-state index in [0.717, 1.165) is 37.4 Å². The first-order valence-electron chi connectivity index (χ1n) is 8.49. The van der Waals surface area contributed by atoms with Crippen LogP contribution < -0.4 is 0 Å². The largest absolute Gasteiger partial charge is 0.387 e. The first-order chi connectivity index (χ1) is 10.6. The van der Waals surface area contributed by atoms with E-state index < -0.39 is 5.60 Å². The van der Waals surface area contributed by atoms with Crippen LogP contribution in [0.1, 0.15) is 45.8 Å². The molecule has 0 spiro atoms. The van der Waals surface area contributed by atoms with Gasteiger partial charge in [-0.2, -0.15) is 0 Å². The van der Waals surface area contributed by atoms with E-state index in [0.29, 0.717) is 19.5 Å². The summed E-state index contributed by atoms with van der Waals surface area (Å²) in [5.74, 6) is 0.122. The van der Waals surface area contributed by atoms with Gasteiger partial charge in [0.2, 0.25) is 0 Å². The second-order valence-corrected chi connectivity index (χ2v) is 8.23. The third kappa shape index (κ3) is 2.70. The maximum absolute atomic E-state index is 12.7. The molecule has 4 nitrogen and oxygen atoms in total. The molecule has 2 fully saturated rings. The molecule has 1 aromatic rings. The zero-order valence-electron chi connectivity index (χ0n) is 13.0. The van der Waals surface area contributed by atoms with E-state index in [1.807, 2.05) is 4.90 Å². The Morgan fingerprint density at radius 3 is 2.82 bits per heavy atom. The van der Waals surface area contributed by atoms with Gasteiger partial charge in [-0.25, -0.2) is 0 Å². The number of amides is 1. The first-order valence-corrected chi connectivity index (χ1v) is 9.30. The quantitative estimate of drug-likeness (QED) is 0.925. The van der Waals surface area contributed by atoms with E-state index >= 15 is 0 Å². The number of aryl methyl sites for hydroxylation is 2. The molecule has 1 aliphatic carbocycles. The fourth-order valence-electron chi connectivity index (χ4n) is 4.11. The fourth-order valence-corrected chi connectivity index (χ4v) is 5.33. The fraction of sp³-hybridized carbons (Fsp3) is 0.706. The molecule has 5 heteroatoms. The summed E-state index contributed by atoms with van der Waals surface area (Å²) in [6, 6.07) is 2.09. The van der Waals surface area contributed by atoms with Gasteiger partial charge in [-0.05, 0) is 63.2 Å². The highest BCUT2D eigenvalue weighted by Gasteiger charge is 2.40. The van der Waals surface area contributed by atoms with Crippen molar-refractivity contribution in [2.45, 2.75) is 44.1 Å². The van der Waals surface area contributed by atoms with Crippen molar-refractivity contribution in [1.29, 1.82) is 0 Å². The smallest absolute Gasteiger partial charge is 0.264 e. The second-order valence-electron chi connectivity index (χ2n) is 7.10. The molecule has 2 aliphatic heterocycles. The van der Waals surface area contributed by atoms with Gasteiger partial charge in [-0.1, -0.05) is 0 Å². The van der Waals surface area contributed by atoms with Crippen molar-refractivity contribution >= 4 is 17.2 Å². The van der Waals surface area contributed by atoms with Crippen LogP contribution in [-0.4, -0.2) is 59.1 Å². The molecule has 4 rings (SSSR count). The Morgan fingerprint density at radius 1 is 1.23 bits per heavy atom. The van der Waals surface area contributed by atoms with Crippen LogP contribution >= 0.6 is 11.3 Å². The lowest BCUT2D eigenvalue weighted by Crippen LogP contribution is -2.44. The lowest BCUT2D eigenvalue weighted by molar-refractivity contribution is 0.0176. The number of aliphatic hydroxyl groups is 1. The van der Waals surface area contributed by atoms with Crippen LogP contribution in [0.15, 0.2) is 6.07 Å². The summed E-state index contributed by atoms with van der Waals surface area (Å²) in [6.07, 6.45) is 6.67. The molecule has 2 saturated heterocycles. The van der Waals surface area contributed by atoms with Crippen LogP contribution in [0.4, 0.5) is 0 Å². The predicted octanol–water partition coefficient (Wildman–Crippen LogP) is 1.91. The van der Waals surface area contributed by atoms with Crippen LogP contribution in [0, 0.1) is 0 Å². The number of carbonyl (C=O) groups excluding carboxylic acids is 1. The van der Waals surface area contributed by atoms with Crippen LogP contribution in [0.5, 0.6) is 0 Å². The van der Waals surface area contributed by atoms with Gasteiger partial charge < -0.3 is 14.9 Å². The Kier molecular flexibility index (Phi) is 3.75. The number of hydrogen-bond acceptors (Lipinski definition) is 4. The molecule has 0 unspecified atom stereocenters. The molecule has 1 amide bonds. The Morgan fingerprint density at radius 2 is 2.05 bits per heavy atom. The number of nitrogens with zero attached hydrogens (tertiary/aromatic N) is 2. The number of likely N-dealkylation sites (tertiary alicyclic amines) is 2. The van der Waals surface area contributed by atoms with Gasteiger partial charge in [0.25, 0.3) is 5.91 Å². The van der Waals surface area contributed by atoms with Crippen molar-refractivity contribution in [2.24, 2.45) is 0 Å². The third-order valence-corrected chi connectivity index (χ3v) is 6.52. The van der Waals surface area contributed by atoms with E-state index in [9.17, 15) is 9.90 Å². The van der Waals surface area contributed by atoms with Crippen LogP contribution in [-0.2, 0) is 12.8 Å². The number of carbonyl (C=O) groups is 1. The SMILES string of the molecule is O=C(c1cc2c(s1)CCC2)N1CC[C@@](O)(CN2CCCC2)C1. The topological polar surface area (TPSA) is 43.8 Å². The van der Waals surface area contributed by atoms with Gasteiger partial charge in [0.15, 0.2) is 0 Å². The minimum Gasteiger partial charge on any atom is -0.387 e. The number of fused-ring (bicyclic) bond motifs is 1. The Bertz CT molecular complexity index is 558. The van der Waals surface area contributed by atoms with Crippen molar-refractivity contribution in [3.05, 3.63) is 21.4 Å². The lowest BCUT2D eigenvalue weighted by atomic mass is 10.0. The number of rotatable bonds is 3. The Hall–Kier alpha value is -0.910. The van der Waals surface area contributed by atoms with E-state index in [4.69, 9.17) is 0 Å². The molecular weight excluding hydrogens is 296 g/mol. The monoisotopic (exact) mass is 320 g/mol. The standard InChI is InChI=1S/C17H24N2O2S/c20-16(15-10-13-4-3-5-14(13)22-15)19-9-6-17(21,12-19)11-18-7-1-2-8-18/h10,21H,1-9,11-12H2/t17-/m1/s1. The molecule has 1 N–H and O–H groups in total. The zero-order chi connectivity index (χ0) is 15.2. The summed E-state index contributed by atoms with van der Waals surface area (Å²) in [7, 11) is 0. The number of hydrogen-bond donors (Lipinski definition) is 1. The average molecular weight is 320 g/mol. The van der Waals surface area contributed by atoms with Crippen molar-refractivity contribution < 1.29 is 9.90 Å². The summed E-state index contributed by atoms with van der Waals surface area (Å²) < 4.78 is 0. The minimum absolute atomic E-state index is 0.122. The Labute approximate surface area is 135 Å². The molecule has 0 radical (unpaired) electrons. The van der Waals surface area contributed by atoms with Crippen LogP contribution in [0.25, 0.3) is 0 Å². The molecule has 0 saturated carbocycles. The lowest BCUT2D eigenvalue weighted by Gasteiger charge is -2.28. The van der Waals surface area contributed by atoms with Crippen molar-refractivity contribution in [2.75, 3.05) is 32.7 Å². The first kappa shape index (κ1) is 14.7. The summed E-state index contributed by atoms with van der Waals surface area (Å²) in [5, 5.41) is 10.8. The summed E-state index contributed by atoms with van der Waals surface area (Å²) >= 11 is 1.67. The van der Waals surface area contributed by atoms with Crippen molar-refractivity contribution in [3.63, 3.8) is 0 Å². The zero-order valence-corrected chi connectivity index (χ0v) is 13.8.